The highest BCUT2D eigenvalue weighted by atomic mass is 35.5. The van der Waals surface area contributed by atoms with Crippen molar-refractivity contribution in [2.45, 2.75) is 38.1 Å². The maximum atomic E-state index is 11.8. The highest BCUT2D eigenvalue weighted by Crippen LogP contribution is 2.66. The summed E-state index contributed by atoms with van der Waals surface area (Å²) in [6.45, 7) is 2.19. The zero-order chi connectivity index (χ0) is 16.8. The molecule has 1 aromatic carbocycles. The Kier molecular flexibility index (Phi) is 3.87. The van der Waals surface area contributed by atoms with E-state index in [9.17, 15) is 4.79 Å². The molecular formula is C19H22ClN3O. The fourth-order valence-electron chi connectivity index (χ4n) is 4.94. The summed E-state index contributed by atoms with van der Waals surface area (Å²) in [4.78, 5) is 11.8. The van der Waals surface area contributed by atoms with E-state index in [2.05, 4.69) is 22.9 Å². The summed E-state index contributed by atoms with van der Waals surface area (Å²) in [5, 5.41) is 5.06. The van der Waals surface area contributed by atoms with Crippen LogP contribution in [0.3, 0.4) is 0 Å². The van der Waals surface area contributed by atoms with Gasteiger partial charge in [0.1, 0.15) is 0 Å². The number of primary amides is 1. The van der Waals surface area contributed by atoms with Gasteiger partial charge >= 0.3 is 0 Å². The minimum absolute atomic E-state index is 0.361. The lowest BCUT2D eigenvalue weighted by molar-refractivity contribution is 0.0998. The first-order chi connectivity index (χ1) is 11.6. The van der Waals surface area contributed by atoms with Crippen LogP contribution in [0.25, 0.3) is 0 Å². The molecule has 2 fully saturated rings. The van der Waals surface area contributed by atoms with Crippen LogP contribution in [0.5, 0.6) is 0 Å². The van der Waals surface area contributed by atoms with E-state index in [0.717, 1.165) is 23.8 Å². The van der Waals surface area contributed by atoms with Crippen molar-refractivity contribution < 1.29 is 4.79 Å². The average Bonchev–Trinajstić information content (AvgIpc) is 3.00. The van der Waals surface area contributed by atoms with Gasteiger partial charge in [-0.15, -0.1) is 0 Å². The average molecular weight is 344 g/mol. The van der Waals surface area contributed by atoms with E-state index in [1.54, 1.807) is 12.1 Å². The molecule has 2 saturated carbocycles. The van der Waals surface area contributed by atoms with E-state index >= 15 is 0 Å². The molecule has 2 aliphatic rings. The molecule has 4 nitrogen and oxygen atoms in total. The van der Waals surface area contributed by atoms with Crippen molar-refractivity contribution in [3.8, 4) is 0 Å². The fourth-order valence-corrected chi connectivity index (χ4v) is 5.12. The van der Waals surface area contributed by atoms with Crippen molar-refractivity contribution in [1.29, 1.82) is 0 Å². The van der Waals surface area contributed by atoms with Gasteiger partial charge in [0.25, 0.3) is 0 Å². The number of hydrogen-bond acceptors (Lipinski definition) is 2. The number of rotatable bonds is 5. The third-order valence-electron chi connectivity index (χ3n) is 5.97. The van der Waals surface area contributed by atoms with Crippen LogP contribution in [0.4, 0.5) is 0 Å². The Morgan fingerprint density at radius 2 is 2.17 bits per heavy atom. The molecule has 0 saturated heterocycles. The number of aromatic nitrogens is 2. The Morgan fingerprint density at radius 3 is 2.75 bits per heavy atom. The first-order valence-corrected chi connectivity index (χ1v) is 9.06. The number of halogens is 1. The Labute approximate surface area is 147 Å². The van der Waals surface area contributed by atoms with Gasteiger partial charge in [-0.05, 0) is 72.8 Å². The lowest BCUT2D eigenvalue weighted by atomic mass is 9.84. The first-order valence-electron chi connectivity index (χ1n) is 8.68. The van der Waals surface area contributed by atoms with Gasteiger partial charge in [-0.25, -0.2) is 0 Å². The molecule has 1 aromatic heterocycles. The topological polar surface area (TPSA) is 60.9 Å². The Morgan fingerprint density at radius 1 is 1.42 bits per heavy atom. The molecule has 2 N–H and O–H groups in total. The molecule has 0 radical (unpaired) electrons. The van der Waals surface area contributed by atoms with Crippen LogP contribution in [-0.4, -0.2) is 15.7 Å². The number of nitrogens with two attached hydrogens (primary N) is 1. The number of carbonyl (C=O) groups is 1. The molecule has 0 unspecified atom stereocenters. The summed E-state index contributed by atoms with van der Waals surface area (Å²) in [5.41, 5.74) is 7.25. The van der Waals surface area contributed by atoms with Crippen molar-refractivity contribution in [3.05, 3.63) is 52.8 Å². The quantitative estimate of drug-likeness (QED) is 0.891. The molecule has 1 amide bonds. The van der Waals surface area contributed by atoms with Gasteiger partial charge in [-0.1, -0.05) is 18.5 Å². The van der Waals surface area contributed by atoms with Crippen LogP contribution in [0.1, 0.15) is 54.1 Å². The van der Waals surface area contributed by atoms with Crippen molar-refractivity contribution in [3.63, 3.8) is 0 Å². The fraction of sp³-hybridized carbons (Fsp3) is 0.474. The van der Waals surface area contributed by atoms with E-state index in [4.69, 9.17) is 17.3 Å². The predicted molar refractivity (Wildman–Crippen MR) is 94.0 cm³/mol. The maximum absolute atomic E-state index is 11.8. The third-order valence-corrected chi connectivity index (χ3v) is 6.20. The van der Waals surface area contributed by atoms with Crippen LogP contribution >= 0.6 is 11.6 Å². The summed E-state index contributed by atoms with van der Waals surface area (Å²) in [7, 11) is 0. The molecule has 2 aromatic rings. The van der Waals surface area contributed by atoms with Crippen LogP contribution in [-0.2, 0) is 0 Å². The van der Waals surface area contributed by atoms with Crippen molar-refractivity contribution in [1.82, 2.24) is 9.78 Å². The zero-order valence-corrected chi connectivity index (χ0v) is 14.5. The van der Waals surface area contributed by atoms with Gasteiger partial charge in [-0.3, -0.25) is 9.48 Å². The maximum Gasteiger partial charge on any atom is 0.248 e. The van der Waals surface area contributed by atoms with E-state index in [1.807, 2.05) is 18.3 Å². The lowest BCUT2D eigenvalue weighted by Gasteiger charge is -2.22. The molecule has 126 valence electrons. The molecule has 24 heavy (non-hydrogen) atoms. The zero-order valence-electron chi connectivity index (χ0n) is 13.7. The van der Waals surface area contributed by atoms with Crippen LogP contribution in [0.15, 0.2) is 36.7 Å². The molecule has 0 spiro atoms. The summed E-state index contributed by atoms with van der Waals surface area (Å²) >= 11 is 6.20. The van der Waals surface area contributed by atoms with Gasteiger partial charge in [-0.2, -0.15) is 5.10 Å². The Bertz CT molecular complexity index is 746. The summed E-state index contributed by atoms with van der Waals surface area (Å²) in [5.74, 6) is 2.09. The molecular weight excluding hydrogens is 322 g/mol. The van der Waals surface area contributed by atoms with E-state index in [-0.39, 0.29) is 5.91 Å². The van der Waals surface area contributed by atoms with Crippen molar-refractivity contribution >= 4 is 17.5 Å². The number of benzene rings is 1. The van der Waals surface area contributed by atoms with Gasteiger partial charge < -0.3 is 5.73 Å². The normalized spacial score (nSPS) is 27.0. The van der Waals surface area contributed by atoms with Crippen LogP contribution in [0, 0.1) is 17.8 Å². The number of carbonyl (C=O) groups excluding carboxylic acids is 1. The number of amides is 1. The molecule has 0 bridgehead atoms. The summed E-state index contributed by atoms with van der Waals surface area (Å²) in [6.07, 6.45) is 7.27. The minimum atomic E-state index is -0.361. The molecule has 3 atom stereocenters. The molecule has 1 heterocycles. The molecule has 5 heteroatoms. The lowest BCUT2D eigenvalue weighted by Crippen LogP contribution is -2.18. The molecule has 2 aliphatic carbocycles. The van der Waals surface area contributed by atoms with E-state index < -0.39 is 0 Å². The minimum Gasteiger partial charge on any atom is -0.366 e. The summed E-state index contributed by atoms with van der Waals surface area (Å²) < 4.78 is 2.10. The third kappa shape index (κ3) is 2.53. The summed E-state index contributed by atoms with van der Waals surface area (Å²) in [6, 6.07) is 7.97. The second-order valence-corrected chi connectivity index (χ2v) is 7.56. The highest BCUT2D eigenvalue weighted by Gasteiger charge is 2.59. The standard InChI is InChI=1S/C19H22ClN3O/c1-2-13(15-8-11(20)4-5-14(15)19(21)24)18-16-9-12(10-17(16)18)23-7-3-6-22-23/h3-8,12-13,16-18H,2,9-10H2,1H3,(H2,21,24)/t12?,13-,16+,17+,18?/m0/s1. The first kappa shape index (κ1) is 15.7. The van der Waals surface area contributed by atoms with Gasteiger partial charge in [0.15, 0.2) is 0 Å². The van der Waals surface area contributed by atoms with Gasteiger partial charge in [0.05, 0.1) is 6.04 Å². The van der Waals surface area contributed by atoms with Gasteiger partial charge in [0.2, 0.25) is 5.91 Å². The van der Waals surface area contributed by atoms with E-state index in [0.29, 0.717) is 28.5 Å². The monoisotopic (exact) mass is 343 g/mol. The van der Waals surface area contributed by atoms with Crippen molar-refractivity contribution in [2.75, 3.05) is 0 Å². The van der Waals surface area contributed by atoms with Crippen molar-refractivity contribution in [2.24, 2.45) is 23.5 Å². The van der Waals surface area contributed by atoms with Crippen LogP contribution in [0.2, 0.25) is 5.02 Å². The smallest absolute Gasteiger partial charge is 0.248 e. The van der Waals surface area contributed by atoms with E-state index in [1.165, 1.54) is 12.8 Å². The molecule has 4 rings (SSSR count). The largest absolute Gasteiger partial charge is 0.366 e. The number of nitrogens with zero attached hydrogens (tertiary/aromatic N) is 2. The van der Waals surface area contributed by atoms with Crippen LogP contribution < -0.4 is 5.73 Å². The second-order valence-electron chi connectivity index (χ2n) is 7.13. The SMILES string of the molecule is CC[C@@H](c1cc(Cl)ccc1C(N)=O)C1[C@@H]2CC(n3cccn3)C[C@@H]12. The molecule has 0 aliphatic heterocycles. The highest BCUT2D eigenvalue weighted by molar-refractivity contribution is 6.30. The Balaban J connectivity index is 1.55. The second kappa shape index (κ2) is 5.92. The number of fused-ring (bicyclic) bond motifs is 1. The Hall–Kier alpha value is -1.81. The van der Waals surface area contributed by atoms with Gasteiger partial charge in [0, 0.05) is 23.0 Å². The number of hydrogen-bond donors (Lipinski definition) is 1. The predicted octanol–water partition coefficient (Wildman–Crippen LogP) is 4.03.